The van der Waals surface area contributed by atoms with Gasteiger partial charge < -0.3 is 9.67 Å². The molecule has 0 aliphatic rings. The van der Waals surface area contributed by atoms with Gasteiger partial charge in [0.2, 0.25) is 0 Å². The highest BCUT2D eigenvalue weighted by Gasteiger charge is 2.34. The van der Waals surface area contributed by atoms with Crippen LogP contribution >= 0.6 is 0 Å². The third kappa shape index (κ3) is 3.68. The minimum atomic E-state index is -0.937. The number of benzene rings is 1. The summed E-state index contributed by atoms with van der Waals surface area (Å²) in [6, 6.07) is 6.03. The summed E-state index contributed by atoms with van der Waals surface area (Å²) in [5.74, 6) is -1.32. The topological polar surface area (TPSA) is 55.1 Å². The Balaban J connectivity index is 0.00000106. The maximum absolute atomic E-state index is 13.4. The molecule has 1 heterocycles. The standard InChI is InChI=1S/C14H15FN2O2.C2H6/c1-14(7-13(18)19,12-8-16-9-17(12)2)10-4-3-5-11(15)6-10;1-2/h3-6,8-9H,7H2,1-2H3,(H,18,19);1-2H3. The minimum absolute atomic E-state index is 0.129. The Kier molecular flexibility index (Phi) is 5.64. The van der Waals surface area contributed by atoms with E-state index in [1.807, 2.05) is 13.8 Å². The lowest BCUT2D eigenvalue weighted by atomic mass is 9.76. The highest BCUT2D eigenvalue weighted by Crippen LogP contribution is 2.35. The van der Waals surface area contributed by atoms with Gasteiger partial charge in [-0.2, -0.15) is 0 Å². The SMILES string of the molecule is CC.Cn1cncc1C(C)(CC(=O)O)c1cccc(F)c1. The van der Waals surface area contributed by atoms with E-state index in [4.69, 9.17) is 5.11 Å². The number of hydrogen-bond donors (Lipinski definition) is 1. The van der Waals surface area contributed by atoms with Gasteiger partial charge in [0, 0.05) is 24.4 Å². The summed E-state index contributed by atoms with van der Waals surface area (Å²) in [4.78, 5) is 15.2. The van der Waals surface area contributed by atoms with Gasteiger partial charge in [0.15, 0.2) is 0 Å². The molecule has 1 aromatic heterocycles. The van der Waals surface area contributed by atoms with Crippen LogP contribution in [0.5, 0.6) is 0 Å². The summed E-state index contributed by atoms with van der Waals surface area (Å²) in [6.45, 7) is 5.78. The number of carboxylic acids is 1. The van der Waals surface area contributed by atoms with E-state index in [1.54, 1.807) is 43.2 Å². The average molecular weight is 292 g/mol. The van der Waals surface area contributed by atoms with Gasteiger partial charge in [-0.05, 0) is 24.6 Å². The predicted octanol–water partition coefficient (Wildman–Crippen LogP) is 3.37. The number of aromatic nitrogens is 2. The molecule has 21 heavy (non-hydrogen) atoms. The second-order valence-electron chi connectivity index (χ2n) is 4.80. The fourth-order valence-electron chi connectivity index (χ4n) is 2.36. The second-order valence-corrected chi connectivity index (χ2v) is 4.80. The van der Waals surface area contributed by atoms with Crippen LogP contribution in [0.15, 0.2) is 36.8 Å². The Hall–Kier alpha value is -2.17. The van der Waals surface area contributed by atoms with Crippen LogP contribution in [0, 0.1) is 5.82 Å². The number of rotatable bonds is 4. The number of carboxylic acid groups (broad SMARTS) is 1. The molecule has 0 bridgehead atoms. The van der Waals surface area contributed by atoms with E-state index in [1.165, 1.54) is 12.1 Å². The van der Waals surface area contributed by atoms with E-state index in [9.17, 15) is 9.18 Å². The summed E-state index contributed by atoms with van der Waals surface area (Å²) in [6.07, 6.45) is 3.10. The molecule has 0 saturated heterocycles. The molecule has 0 aliphatic carbocycles. The molecule has 1 atom stereocenters. The summed E-state index contributed by atoms with van der Waals surface area (Å²) in [5.41, 5.74) is 0.540. The molecule has 4 nitrogen and oxygen atoms in total. The lowest BCUT2D eigenvalue weighted by Gasteiger charge is -2.29. The Bertz CT molecular complexity index is 610. The summed E-state index contributed by atoms with van der Waals surface area (Å²) < 4.78 is 15.2. The van der Waals surface area contributed by atoms with Gasteiger partial charge >= 0.3 is 5.97 Å². The maximum Gasteiger partial charge on any atom is 0.304 e. The molecule has 0 aliphatic heterocycles. The van der Waals surface area contributed by atoms with E-state index in [0.717, 1.165) is 5.69 Å². The maximum atomic E-state index is 13.4. The molecular weight excluding hydrogens is 271 g/mol. The van der Waals surface area contributed by atoms with Crippen molar-refractivity contribution in [2.45, 2.75) is 32.6 Å². The number of nitrogens with zero attached hydrogens (tertiary/aromatic N) is 2. The Morgan fingerprint density at radius 3 is 2.57 bits per heavy atom. The number of aliphatic carboxylic acids is 1. The Morgan fingerprint density at radius 2 is 2.10 bits per heavy atom. The Labute approximate surface area is 124 Å². The average Bonchev–Trinajstić information content (AvgIpc) is 2.87. The van der Waals surface area contributed by atoms with Gasteiger partial charge in [0.05, 0.1) is 12.7 Å². The predicted molar refractivity (Wildman–Crippen MR) is 79.7 cm³/mol. The zero-order valence-electron chi connectivity index (χ0n) is 12.8. The van der Waals surface area contributed by atoms with E-state index in [0.29, 0.717) is 5.56 Å². The quantitative estimate of drug-likeness (QED) is 0.940. The molecule has 114 valence electrons. The molecule has 0 amide bonds. The van der Waals surface area contributed by atoms with Crippen molar-refractivity contribution in [3.63, 3.8) is 0 Å². The largest absolute Gasteiger partial charge is 0.481 e. The van der Waals surface area contributed by atoms with Crippen LogP contribution < -0.4 is 0 Å². The van der Waals surface area contributed by atoms with E-state index < -0.39 is 11.4 Å². The minimum Gasteiger partial charge on any atom is -0.481 e. The van der Waals surface area contributed by atoms with Crippen molar-refractivity contribution in [2.75, 3.05) is 0 Å². The zero-order chi connectivity index (χ0) is 16.0. The number of carbonyl (C=O) groups is 1. The first-order chi connectivity index (χ1) is 9.93. The summed E-state index contributed by atoms with van der Waals surface area (Å²) >= 11 is 0. The first kappa shape index (κ1) is 16.9. The Morgan fingerprint density at radius 1 is 1.43 bits per heavy atom. The molecule has 1 aromatic carbocycles. The summed E-state index contributed by atoms with van der Waals surface area (Å²) in [7, 11) is 1.79. The van der Waals surface area contributed by atoms with Crippen molar-refractivity contribution in [2.24, 2.45) is 7.05 Å². The van der Waals surface area contributed by atoms with Gasteiger partial charge in [0.1, 0.15) is 5.82 Å². The third-order valence-corrected chi connectivity index (χ3v) is 3.35. The van der Waals surface area contributed by atoms with Gasteiger partial charge in [0.25, 0.3) is 0 Å². The van der Waals surface area contributed by atoms with Crippen molar-refractivity contribution >= 4 is 5.97 Å². The van der Waals surface area contributed by atoms with Gasteiger partial charge in [-0.15, -0.1) is 0 Å². The molecule has 0 fully saturated rings. The fraction of sp³-hybridized carbons (Fsp3) is 0.375. The first-order valence-corrected chi connectivity index (χ1v) is 6.88. The molecule has 1 unspecified atom stereocenters. The van der Waals surface area contributed by atoms with Crippen LogP contribution in [-0.2, 0) is 17.3 Å². The highest BCUT2D eigenvalue weighted by molar-refractivity contribution is 5.70. The lowest BCUT2D eigenvalue weighted by Crippen LogP contribution is -2.29. The smallest absolute Gasteiger partial charge is 0.304 e. The van der Waals surface area contributed by atoms with Crippen molar-refractivity contribution in [3.05, 3.63) is 53.9 Å². The summed E-state index contributed by atoms with van der Waals surface area (Å²) in [5, 5.41) is 9.15. The van der Waals surface area contributed by atoms with Crippen molar-refractivity contribution in [1.29, 1.82) is 0 Å². The van der Waals surface area contributed by atoms with E-state index >= 15 is 0 Å². The lowest BCUT2D eigenvalue weighted by molar-refractivity contribution is -0.138. The van der Waals surface area contributed by atoms with Gasteiger partial charge in [-0.1, -0.05) is 26.0 Å². The number of aryl methyl sites for hydroxylation is 1. The van der Waals surface area contributed by atoms with Crippen LogP contribution in [0.2, 0.25) is 0 Å². The molecule has 2 aromatic rings. The number of hydrogen-bond acceptors (Lipinski definition) is 2. The highest BCUT2D eigenvalue weighted by atomic mass is 19.1. The molecule has 0 saturated carbocycles. The first-order valence-electron chi connectivity index (χ1n) is 6.88. The van der Waals surface area contributed by atoms with Gasteiger partial charge in [-0.3, -0.25) is 4.79 Å². The molecule has 2 rings (SSSR count). The normalized spacial score (nSPS) is 13.0. The monoisotopic (exact) mass is 292 g/mol. The molecule has 5 heteroatoms. The van der Waals surface area contributed by atoms with Crippen LogP contribution in [0.1, 0.15) is 38.4 Å². The number of imidazole rings is 1. The number of halogens is 1. The van der Waals surface area contributed by atoms with Crippen LogP contribution in [0.4, 0.5) is 4.39 Å². The fourth-order valence-corrected chi connectivity index (χ4v) is 2.36. The molecular formula is C16H21FN2O2. The molecule has 0 spiro atoms. The van der Waals surface area contributed by atoms with Crippen LogP contribution in [-0.4, -0.2) is 20.6 Å². The van der Waals surface area contributed by atoms with Crippen LogP contribution in [0.25, 0.3) is 0 Å². The second kappa shape index (κ2) is 7.02. The molecule has 1 N–H and O–H groups in total. The van der Waals surface area contributed by atoms with Crippen molar-refractivity contribution in [3.8, 4) is 0 Å². The van der Waals surface area contributed by atoms with E-state index in [2.05, 4.69) is 4.98 Å². The van der Waals surface area contributed by atoms with Crippen molar-refractivity contribution < 1.29 is 14.3 Å². The third-order valence-electron chi connectivity index (χ3n) is 3.35. The van der Waals surface area contributed by atoms with Gasteiger partial charge in [-0.25, -0.2) is 9.37 Å². The molecule has 0 radical (unpaired) electrons. The van der Waals surface area contributed by atoms with Crippen molar-refractivity contribution in [1.82, 2.24) is 9.55 Å². The zero-order valence-corrected chi connectivity index (χ0v) is 12.8. The van der Waals surface area contributed by atoms with Crippen LogP contribution in [0.3, 0.4) is 0 Å². The van der Waals surface area contributed by atoms with E-state index in [-0.39, 0.29) is 12.2 Å².